The number of ketones is 1. The van der Waals surface area contributed by atoms with Crippen LogP contribution in [0.1, 0.15) is 22.3 Å². The van der Waals surface area contributed by atoms with Crippen molar-refractivity contribution in [1.29, 1.82) is 0 Å². The van der Waals surface area contributed by atoms with Gasteiger partial charge in [0.05, 0.1) is 12.7 Å². The van der Waals surface area contributed by atoms with Gasteiger partial charge in [-0.3, -0.25) is 4.79 Å². The van der Waals surface area contributed by atoms with E-state index < -0.39 is 17.4 Å². The van der Waals surface area contributed by atoms with Gasteiger partial charge in [0.2, 0.25) is 0 Å². The molecule has 20 heavy (non-hydrogen) atoms. The fourth-order valence-corrected chi connectivity index (χ4v) is 2.51. The first kappa shape index (κ1) is 14.8. The molecule has 3 nitrogen and oxygen atoms in total. The van der Waals surface area contributed by atoms with Crippen LogP contribution in [0.15, 0.2) is 18.2 Å². The number of hydrogen-bond donors (Lipinski definition) is 1. The number of carbonyl (C=O) groups excluding carboxylic acids is 1. The number of aryl methyl sites for hydroxylation is 1. The first-order valence-corrected chi connectivity index (χ1v) is 6.29. The summed E-state index contributed by atoms with van der Waals surface area (Å²) in [6.45, 7) is 1.52. The number of halogens is 3. The van der Waals surface area contributed by atoms with Crippen molar-refractivity contribution < 1.29 is 22.7 Å². The molecule has 6 heteroatoms. The number of methoxy groups -OCH3 is 1. The van der Waals surface area contributed by atoms with Crippen molar-refractivity contribution in [3.05, 3.63) is 29.3 Å². The maximum Gasteiger partial charge on any atom is 0.402 e. The van der Waals surface area contributed by atoms with Crippen LogP contribution in [-0.2, 0) is 0 Å². The van der Waals surface area contributed by atoms with Crippen LogP contribution in [0.2, 0.25) is 0 Å². The predicted octanol–water partition coefficient (Wildman–Crippen LogP) is 2.73. The van der Waals surface area contributed by atoms with E-state index in [0.717, 1.165) is 5.56 Å². The molecule has 0 aromatic heterocycles. The Bertz CT molecular complexity index is 520. The number of alkyl halides is 3. The van der Waals surface area contributed by atoms with Crippen LogP contribution in [0.5, 0.6) is 5.75 Å². The number of carbonyl (C=O) groups is 1. The summed E-state index contributed by atoms with van der Waals surface area (Å²) in [6.07, 6.45) is -4.82. The fourth-order valence-electron chi connectivity index (χ4n) is 2.51. The zero-order chi connectivity index (χ0) is 15.0. The molecule has 0 aliphatic carbocycles. The molecule has 0 bridgehead atoms. The van der Waals surface area contributed by atoms with Crippen molar-refractivity contribution in [2.24, 2.45) is 5.41 Å². The summed E-state index contributed by atoms with van der Waals surface area (Å²) in [5, 5.41) is 2.64. The van der Waals surface area contributed by atoms with Gasteiger partial charge in [-0.1, -0.05) is 11.6 Å². The molecule has 1 saturated heterocycles. The largest absolute Gasteiger partial charge is 0.496 e. The van der Waals surface area contributed by atoms with Crippen LogP contribution in [0.25, 0.3) is 0 Å². The summed E-state index contributed by atoms with van der Waals surface area (Å²) in [5.74, 6) is -0.744. The second-order valence-electron chi connectivity index (χ2n) is 5.04. The molecular weight excluding hydrogens is 271 g/mol. The molecule has 0 amide bonds. The monoisotopic (exact) mass is 287 g/mol. The average molecular weight is 287 g/mol. The standard InChI is InChI=1S/C14H16F3NO2/c1-9-3-4-11(20-2)10(7-9)12(19)13(14(15,16)17)5-6-18-8-13/h3-4,7,18H,5-6,8H2,1-2H3. The van der Waals surface area contributed by atoms with E-state index in [2.05, 4.69) is 5.32 Å². The molecule has 110 valence electrons. The highest BCUT2D eigenvalue weighted by Gasteiger charge is 2.61. The Kier molecular flexibility index (Phi) is 3.77. The summed E-state index contributed by atoms with van der Waals surface area (Å²) >= 11 is 0. The van der Waals surface area contributed by atoms with Gasteiger partial charge in [0.1, 0.15) is 11.2 Å². The summed E-state index contributed by atoms with van der Waals surface area (Å²) in [4.78, 5) is 12.5. The number of rotatable bonds is 3. The zero-order valence-electron chi connectivity index (χ0n) is 11.3. The molecule has 1 heterocycles. The lowest BCUT2D eigenvalue weighted by Crippen LogP contribution is -2.46. The highest BCUT2D eigenvalue weighted by Crippen LogP contribution is 2.46. The van der Waals surface area contributed by atoms with Crippen LogP contribution in [0, 0.1) is 12.3 Å². The Hall–Kier alpha value is -1.56. The number of benzene rings is 1. The van der Waals surface area contributed by atoms with Crippen LogP contribution >= 0.6 is 0 Å². The molecule has 1 aromatic carbocycles. The van der Waals surface area contributed by atoms with Crippen LogP contribution in [0.3, 0.4) is 0 Å². The first-order valence-electron chi connectivity index (χ1n) is 6.29. The van der Waals surface area contributed by atoms with Crippen molar-refractivity contribution in [1.82, 2.24) is 5.32 Å². The minimum Gasteiger partial charge on any atom is -0.496 e. The van der Waals surface area contributed by atoms with Gasteiger partial charge in [-0.2, -0.15) is 13.2 Å². The smallest absolute Gasteiger partial charge is 0.402 e. The van der Waals surface area contributed by atoms with Crippen molar-refractivity contribution in [3.63, 3.8) is 0 Å². The van der Waals surface area contributed by atoms with Gasteiger partial charge in [0, 0.05) is 6.54 Å². The quantitative estimate of drug-likeness (QED) is 0.869. The molecule has 1 aliphatic rings. The van der Waals surface area contributed by atoms with Gasteiger partial charge < -0.3 is 10.1 Å². The summed E-state index contributed by atoms with van der Waals surface area (Å²) in [6, 6.07) is 4.67. The van der Waals surface area contributed by atoms with E-state index in [1.54, 1.807) is 13.0 Å². The third-order valence-corrected chi connectivity index (χ3v) is 3.73. The molecule has 1 aliphatic heterocycles. The van der Waals surface area contributed by atoms with Crippen LogP contribution in [-0.4, -0.2) is 32.2 Å². The number of ether oxygens (including phenoxy) is 1. The Morgan fingerprint density at radius 3 is 2.60 bits per heavy atom. The first-order chi connectivity index (χ1) is 9.32. The summed E-state index contributed by atoms with van der Waals surface area (Å²) in [5.41, 5.74) is -1.64. The molecule has 0 saturated carbocycles. The van der Waals surface area contributed by atoms with Crippen molar-refractivity contribution in [3.8, 4) is 5.75 Å². The van der Waals surface area contributed by atoms with Crippen LogP contribution in [0.4, 0.5) is 13.2 Å². The van der Waals surface area contributed by atoms with E-state index in [9.17, 15) is 18.0 Å². The minimum atomic E-state index is -4.58. The summed E-state index contributed by atoms with van der Waals surface area (Å²) < 4.78 is 45.2. The number of Topliss-reactive ketones (excluding diaryl/α,β-unsaturated/α-hetero) is 1. The van der Waals surface area contributed by atoms with Gasteiger partial charge in [-0.05, 0) is 32.0 Å². The maximum absolute atomic E-state index is 13.4. The fraction of sp³-hybridized carbons (Fsp3) is 0.500. The molecule has 1 fully saturated rings. The van der Waals surface area contributed by atoms with Gasteiger partial charge in [-0.25, -0.2) is 0 Å². The molecule has 0 radical (unpaired) electrons. The average Bonchev–Trinajstić information content (AvgIpc) is 2.88. The Morgan fingerprint density at radius 1 is 1.40 bits per heavy atom. The SMILES string of the molecule is COc1ccc(C)cc1C(=O)C1(C(F)(F)F)CCNC1. The van der Waals surface area contributed by atoms with Gasteiger partial charge in [0.25, 0.3) is 0 Å². The third kappa shape index (κ3) is 2.28. The van der Waals surface area contributed by atoms with Crippen LogP contribution < -0.4 is 10.1 Å². The lowest BCUT2D eigenvalue weighted by Gasteiger charge is -2.29. The lowest BCUT2D eigenvalue weighted by molar-refractivity contribution is -0.197. The maximum atomic E-state index is 13.4. The molecular formula is C14H16F3NO2. The second kappa shape index (κ2) is 5.09. The summed E-state index contributed by atoms with van der Waals surface area (Å²) in [7, 11) is 1.34. The van der Waals surface area contributed by atoms with Gasteiger partial charge >= 0.3 is 6.18 Å². The van der Waals surface area contributed by atoms with Gasteiger partial charge in [0.15, 0.2) is 5.78 Å². The van der Waals surface area contributed by atoms with E-state index >= 15 is 0 Å². The molecule has 1 unspecified atom stereocenters. The van der Waals surface area contributed by atoms with E-state index in [-0.39, 0.29) is 30.8 Å². The zero-order valence-corrected chi connectivity index (χ0v) is 11.3. The topological polar surface area (TPSA) is 38.3 Å². The van der Waals surface area contributed by atoms with E-state index in [0.29, 0.717) is 0 Å². The van der Waals surface area contributed by atoms with Crippen molar-refractivity contribution in [2.75, 3.05) is 20.2 Å². The normalized spacial score (nSPS) is 22.9. The van der Waals surface area contributed by atoms with E-state index in [1.165, 1.54) is 19.2 Å². The highest BCUT2D eigenvalue weighted by atomic mass is 19.4. The van der Waals surface area contributed by atoms with Gasteiger partial charge in [-0.15, -0.1) is 0 Å². The molecule has 1 N–H and O–H groups in total. The molecule has 1 atom stereocenters. The molecule has 1 aromatic rings. The van der Waals surface area contributed by atoms with Crippen molar-refractivity contribution >= 4 is 5.78 Å². The van der Waals surface area contributed by atoms with E-state index in [1.807, 2.05) is 0 Å². The van der Waals surface area contributed by atoms with Crippen molar-refractivity contribution in [2.45, 2.75) is 19.5 Å². The number of hydrogen-bond acceptors (Lipinski definition) is 3. The van der Waals surface area contributed by atoms with E-state index in [4.69, 9.17) is 4.74 Å². The third-order valence-electron chi connectivity index (χ3n) is 3.73. The highest BCUT2D eigenvalue weighted by molar-refractivity contribution is 6.03. The molecule has 2 rings (SSSR count). The predicted molar refractivity (Wildman–Crippen MR) is 68.0 cm³/mol. The molecule has 0 spiro atoms. The Balaban J connectivity index is 2.51. The lowest BCUT2D eigenvalue weighted by atomic mass is 9.78. The second-order valence-corrected chi connectivity index (χ2v) is 5.04. The Labute approximate surface area is 115 Å². The Morgan fingerprint density at radius 2 is 2.10 bits per heavy atom. The minimum absolute atomic E-state index is 0.00600. The number of nitrogens with one attached hydrogen (secondary N) is 1.